The van der Waals surface area contributed by atoms with Crippen molar-refractivity contribution in [1.82, 2.24) is 4.90 Å². The molecule has 3 N–H and O–H groups in total. The van der Waals surface area contributed by atoms with Gasteiger partial charge in [0.05, 0.1) is 12.6 Å². The van der Waals surface area contributed by atoms with Crippen molar-refractivity contribution in [2.24, 2.45) is 11.1 Å². The third-order valence-electron chi connectivity index (χ3n) is 5.00. The zero-order chi connectivity index (χ0) is 18.0. The number of rotatable bonds is 6. The van der Waals surface area contributed by atoms with Gasteiger partial charge in [0.25, 0.3) is 0 Å². The number of carbonyl (C=O) groups is 2. The highest BCUT2D eigenvalue weighted by Gasteiger charge is 2.63. The quantitative estimate of drug-likeness (QED) is 0.803. The van der Waals surface area contributed by atoms with Crippen LogP contribution in [0.4, 0.5) is 5.69 Å². The molecule has 0 radical (unpaired) electrons. The Kier molecular flexibility index (Phi) is 6.99. The Morgan fingerprint density at radius 3 is 2.44 bits per heavy atom. The summed E-state index contributed by atoms with van der Waals surface area (Å²) in [6.07, 6.45) is 0.431. The Bertz CT molecular complexity index is 609. The highest BCUT2D eigenvalue weighted by molar-refractivity contribution is 5.96. The van der Waals surface area contributed by atoms with Crippen LogP contribution in [0.2, 0.25) is 0 Å². The van der Waals surface area contributed by atoms with E-state index in [1.54, 1.807) is 19.2 Å². The van der Waals surface area contributed by atoms with Crippen LogP contribution in [0, 0.1) is 5.41 Å². The molecule has 1 aromatic rings. The molecule has 1 saturated carbocycles. The lowest BCUT2D eigenvalue weighted by Gasteiger charge is -2.58. The molecule has 1 aliphatic carbocycles. The van der Waals surface area contributed by atoms with E-state index in [0.29, 0.717) is 18.7 Å². The highest BCUT2D eigenvalue weighted by Crippen LogP contribution is 2.50. The Morgan fingerprint density at radius 1 is 1.32 bits per heavy atom. The molecule has 0 aromatic heterocycles. The first kappa shape index (κ1) is 21.4. The van der Waals surface area contributed by atoms with Gasteiger partial charge in [0, 0.05) is 31.2 Å². The molecule has 0 aliphatic heterocycles. The molecule has 0 heterocycles. The summed E-state index contributed by atoms with van der Waals surface area (Å²) in [5, 5.41) is 2.77. The van der Waals surface area contributed by atoms with Crippen LogP contribution in [0.15, 0.2) is 30.3 Å². The Labute approximate surface area is 155 Å². The summed E-state index contributed by atoms with van der Waals surface area (Å²) < 4.78 is 5.65. The normalized spacial score (nSPS) is 23.8. The minimum Gasteiger partial charge on any atom is -0.378 e. The van der Waals surface area contributed by atoms with Crippen LogP contribution in [0.25, 0.3) is 0 Å². The molecule has 7 heteroatoms. The third kappa shape index (κ3) is 4.14. The van der Waals surface area contributed by atoms with Gasteiger partial charge in [-0.05, 0) is 19.1 Å². The number of hydrogen-bond acceptors (Lipinski definition) is 4. The second-order valence-corrected chi connectivity index (χ2v) is 6.92. The van der Waals surface area contributed by atoms with Crippen LogP contribution < -0.4 is 11.1 Å². The van der Waals surface area contributed by atoms with E-state index in [2.05, 4.69) is 5.32 Å². The van der Waals surface area contributed by atoms with E-state index in [1.165, 1.54) is 4.90 Å². The molecule has 0 spiro atoms. The maximum absolute atomic E-state index is 12.8. The van der Waals surface area contributed by atoms with Crippen LogP contribution in [-0.2, 0) is 14.3 Å². The molecule has 1 aliphatic rings. The average molecular weight is 370 g/mol. The molecule has 1 aromatic carbocycles. The van der Waals surface area contributed by atoms with Crippen molar-refractivity contribution in [3.8, 4) is 0 Å². The van der Waals surface area contributed by atoms with Crippen molar-refractivity contribution in [2.45, 2.75) is 38.8 Å². The van der Waals surface area contributed by atoms with E-state index in [-0.39, 0.29) is 36.9 Å². The van der Waals surface area contributed by atoms with E-state index in [0.717, 1.165) is 0 Å². The molecule has 2 amide bonds. The zero-order valence-corrected chi connectivity index (χ0v) is 16.1. The van der Waals surface area contributed by atoms with Crippen LogP contribution in [0.5, 0.6) is 0 Å². The largest absolute Gasteiger partial charge is 0.378 e. The van der Waals surface area contributed by atoms with Crippen molar-refractivity contribution >= 4 is 29.9 Å². The predicted octanol–water partition coefficient (Wildman–Crippen LogP) is 2.04. The lowest BCUT2D eigenvalue weighted by Crippen LogP contribution is -2.76. The summed E-state index contributed by atoms with van der Waals surface area (Å²) in [6.45, 7) is 6.35. The number of hydrogen-bond donors (Lipinski definition) is 2. The molecule has 2 rings (SSSR count). The van der Waals surface area contributed by atoms with E-state index in [4.69, 9.17) is 10.5 Å². The molecule has 1 fully saturated rings. The Balaban J connectivity index is 0.00000312. The molecule has 140 valence electrons. The summed E-state index contributed by atoms with van der Waals surface area (Å²) >= 11 is 0. The molecular weight excluding hydrogens is 342 g/mol. The topological polar surface area (TPSA) is 84.7 Å². The number of nitrogens with two attached hydrogens (primary N) is 1. The number of halogens is 1. The van der Waals surface area contributed by atoms with Crippen LogP contribution in [-0.4, -0.2) is 48.6 Å². The van der Waals surface area contributed by atoms with Gasteiger partial charge in [-0.15, -0.1) is 12.4 Å². The number of nitrogens with zero attached hydrogens (tertiary/aromatic N) is 1. The van der Waals surface area contributed by atoms with E-state index in [1.807, 2.05) is 39.0 Å². The summed E-state index contributed by atoms with van der Waals surface area (Å²) in [6, 6.07) is 9.14. The van der Waals surface area contributed by atoms with Gasteiger partial charge in [0.1, 0.15) is 5.54 Å². The van der Waals surface area contributed by atoms with Gasteiger partial charge in [-0.2, -0.15) is 0 Å². The van der Waals surface area contributed by atoms with Gasteiger partial charge in [-0.25, -0.2) is 0 Å². The van der Waals surface area contributed by atoms with Gasteiger partial charge >= 0.3 is 0 Å². The number of anilines is 1. The molecule has 0 bridgehead atoms. The lowest BCUT2D eigenvalue weighted by molar-refractivity contribution is -0.178. The summed E-state index contributed by atoms with van der Waals surface area (Å²) in [7, 11) is 1.60. The first-order chi connectivity index (χ1) is 11.2. The maximum atomic E-state index is 12.8. The standard InChI is InChI=1S/C18H27N3O3.ClH/c1-5-24-14-11-18(19,17(14,2)3)16(23)21(4)12-15(22)20-13-9-7-6-8-10-13;/h6-10,14H,5,11-12,19H2,1-4H3,(H,20,22);1H. The number of amides is 2. The highest BCUT2D eigenvalue weighted by atomic mass is 35.5. The Morgan fingerprint density at radius 2 is 1.92 bits per heavy atom. The number of carbonyl (C=O) groups excluding carboxylic acids is 2. The first-order valence-corrected chi connectivity index (χ1v) is 8.23. The monoisotopic (exact) mass is 369 g/mol. The second-order valence-electron chi connectivity index (χ2n) is 6.92. The van der Waals surface area contributed by atoms with Gasteiger partial charge in [0.15, 0.2) is 0 Å². The van der Waals surface area contributed by atoms with E-state index >= 15 is 0 Å². The van der Waals surface area contributed by atoms with E-state index in [9.17, 15) is 9.59 Å². The average Bonchev–Trinajstić information content (AvgIpc) is 2.54. The van der Waals surface area contributed by atoms with Crippen molar-refractivity contribution in [2.75, 3.05) is 25.5 Å². The van der Waals surface area contributed by atoms with Crippen LogP contribution >= 0.6 is 12.4 Å². The van der Waals surface area contributed by atoms with Crippen molar-refractivity contribution in [1.29, 1.82) is 0 Å². The van der Waals surface area contributed by atoms with Crippen molar-refractivity contribution in [3.05, 3.63) is 30.3 Å². The summed E-state index contributed by atoms with van der Waals surface area (Å²) in [5.74, 6) is -0.481. The van der Waals surface area contributed by atoms with Gasteiger partial charge < -0.3 is 20.7 Å². The molecular formula is C18H28ClN3O3. The van der Waals surface area contributed by atoms with Crippen LogP contribution in [0.3, 0.4) is 0 Å². The fourth-order valence-electron chi connectivity index (χ4n) is 3.15. The molecule has 2 atom stereocenters. The number of para-hydroxylation sites is 1. The van der Waals surface area contributed by atoms with Gasteiger partial charge in [-0.1, -0.05) is 32.0 Å². The van der Waals surface area contributed by atoms with Gasteiger partial charge in [0.2, 0.25) is 11.8 Å². The van der Waals surface area contributed by atoms with Crippen LogP contribution in [0.1, 0.15) is 27.2 Å². The fourth-order valence-corrected chi connectivity index (χ4v) is 3.15. The fraction of sp³-hybridized carbons (Fsp3) is 0.556. The smallest absolute Gasteiger partial charge is 0.243 e. The minimum absolute atomic E-state index is 0. The molecule has 2 unspecified atom stereocenters. The molecule has 6 nitrogen and oxygen atoms in total. The van der Waals surface area contributed by atoms with Gasteiger partial charge in [-0.3, -0.25) is 9.59 Å². The maximum Gasteiger partial charge on any atom is 0.243 e. The lowest BCUT2D eigenvalue weighted by atomic mass is 9.54. The third-order valence-corrected chi connectivity index (χ3v) is 5.00. The van der Waals surface area contributed by atoms with Crippen molar-refractivity contribution in [3.63, 3.8) is 0 Å². The number of ether oxygens (including phenoxy) is 1. The Hall–Kier alpha value is -1.63. The number of nitrogens with one attached hydrogen (secondary N) is 1. The van der Waals surface area contributed by atoms with E-state index < -0.39 is 11.0 Å². The number of benzene rings is 1. The summed E-state index contributed by atoms with van der Waals surface area (Å²) in [4.78, 5) is 26.3. The minimum atomic E-state index is -1.01. The molecule has 0 saturated heterocycles. The zero-order valence-electron chi connectivity index (χ0n) is 15.2. The second kappa shape index (κ2) is 8.17. The predicted molar refractivity (Wildman–Crippen MR) is 101 cm³/mol. The molecule has 25 heavy (non-hydrogen) atoms. The summed E-state index contributed by atoms with van der Waals surface area (Å²) in [5.41, 5.74) is 5.60. The number of likely N-dealkylation sites (N-methyl/N-ethyl adjacent to an activating group) is 1. The first-order valence-electron chi connectivity index (χ1n) is 8.23. The van der Waals surface area contributed by atoms with Crippen molar-refractivity contribution < 1.29 is 14.3 Å². The SMILES string of the molecule is CCOC1CC(N)(C(=O)N(C)CC(=O)Nc2ccccc2)C1(C)C.Cl.